The summed E-state index contributed by atoms with van der Waals surface area (Å²) in [5.41, 5.74) is 1.00. The molecule has 10 nitrogen and oxygen atoms in total. The van der Waals surface area contributed by atoms with Crippen molar-refractivity contribution >= 4 is 34.6 Å². The van der Waals surface area contributed by atoms with Crippen molar-refractivity contribution in [1.29, 1.82) is 0 Å². The van der Waals surface area contributed by atoms with Gasteiger partial charge in [-0.3, -0.25) is 10.3 Å². The Labute approximate surface area is 239 Å². The van der Waals surface area contributed by atoms with Crippen LogP contribution in [-0.4, -0.2) is 81.3 Å². The molecule has 1 heterocycles. The number of nitrogens with one attached hydrogen (secondary N) is 1. The van der Waals surface area contributed by atoms with E-state index < -0.39 is 17.6 Å². The molecular weight excluding hydrogens is 536 g/mol. The van der Waals surface area contributed by atoms with Crippen LogP contribution in [0.3, 0.4) is 0 Å². The van der Waals surface area contributed by atoms with Crippen molar-refractivity contribution in [3.63, 3.8) is 0 Å². The molecule has 0 aliphatic carbocycles. The van der Waals surface area contributed by atoms with E-state index in [4.69, 9.17) is 33.4 Å². The van der Waals surface area contributed by atoms with Crippen LogP contribution >= 0.6 is 11.8 Å². The third-order valence-corrected chi connectivity index (χ3v) is 6.99. The number of carbonyl (C=O) groups excluding carboxylic acids is 2. The summed E-state index contributed by atoms with van der Waals surface area (Å²) in [6.07, 6.45) is -0.935. The predicted octanol–water partition coefficient (Wildman–Crippen LogP) is 4.87. The number of nitrogens with zero attached hydrogens (tertiary/aromatic N) is 1. The van der Waals surface area contributed by atoms with Crippen molar-refractivity contribution in [2.75, 3.05) is 57.8 Å². The monoisotopic (exact) mass is 574 g/mol. The first kappa shape index (κ1) is 31.4. The molecule has 1 aliphatic heterocycles. The van der Waals surface area contributed by atoms with E-state index in [1.807, 2.05) is 25.1 Å². The third-order valence-electron chi connectivity index (χ3n) is 5.70. The zero-order valence-corrected chi connectivity index (χ0v) is 24.5. The fourth-order valence-electron chi connectivity index (χ4n) is 3.60. The van der Waals surface area contributed by atoms with Gasteiger partial charge >= 0.3 is 12.1 Å². The topological polar surface area (TPSA) is 114 Å². The second kappa shape index (κ2) is 15.6. The molecule has 0 unspecified atom stereocenters. The molecule has 0 fully saturated rings. The van der Waals surface area contributed by atoms with Gasteiger partial charge in [0.1, 0.15) is 11.7 Å². The maximum absolute atomic E-state index is 13.0. The minimum Gasteiger partial charge on any atom is -0.487 e. The summed E-state index contributed by atoms with van der Waals surface area (Å²) in [6.45, 7) is 9.64. The molecule has 11 heteroatoms. The van der Waals surface area contributed by atoms with Gasteiger partial charge in [-0.05, 0) is 51.5 Å². The van der Waals surface area contributed by atoms with E-state index in [2.05, 4.69) is 5.32 Å². The van der Waals surface area contributed by atoms with E-state index >= 15 is 0 Å². The molecule has 1 aliphatic rings. The Morgan fingerprint density at radius 1 is 1.00 bits per heavy atom. The van der Waals surface area contributed by atoms with E-state index in [0.29, 0.717) is 60.8 Å². The van der Waals surface area contributed by atoms with Gasteiger partial charge in [0.15, 0.2) is 17.0 Å². The number of amides is 1. The minimum absolute atomic E-state index is 0.198. The number of anilines is 1. The van der Waals surface area contributed by atoms with E-state index in [1.165, 1.54) is 11.8 Å². The zero-order chi connectivity index (χ0) is 29.0. The normalized spacial score (nSPS) is 16.5. The van der Waals surface area contributed by atoms with Gasteiger partial charge in [-0.25, -0.2) is 9.59 Å². The highest BCUT2D eigenvalue weighted by Gasteiger charge is 2.41. The highest BCUT2D eigenvalue weighted by Crippen LogP contribution is 2.39. The minimum atomic E-state index is -1.05. The zero-order valence-electron chi connectivity index (χ0n) is 23.7. The summed E-state index contributed by atoms with van der Waals surface area (Å²) >= 11 is 1.39. The molecular formula is C29H38N2O8S. The van der Waals surface area contributed by atoms with Gasteiger partial charge in [0.2, 0.25) is 0 Å². The fraction of sp³-hybridized carbons (Fsp3) is 0.483. The third kappa shape index (κ3) is 9.22. The predicted molar refractivity (Wildman–Crippen MR) is 155 cm³/mol. The quantitative estimate of drug-likeness (QED) is 0.235. The number of rotatable bonds is 15. The summed E-state index contributed by atoms with van der Waals surface area (Å²) in [7, 11) is 1.62. The lowest BCUT2D eigenvalue weighted by atomic mass is 10.1. The van der Waals surface area contributed by atoms with Crippen molar-refractivity contribution < 1.29 is 38.0 Å². The van der Waals surface area contributed by atoms with Gasteiger partial charge in [-0.2, -0.15) is 0 Å². The number of ether oxygens (including phenoxy) is 6. The molecule has 0 saturated carbocycles. The summed E-state index contributed by atoms with van der Waals surface area (Å²) in [5, 5.41) is 3.33. The molecule has 0 radical (unpaired) electrons. The van der Waals surface area contributed by atoms with Crippen molar-refractivity contribution in [3.8, 4) is 11.5 Å². The Kier molecular flexibility index (Phi) is 12.3. The SMILES string of the molecule is COCCOCCOCCOc1cccc(C2=N[C@@](C)(C(=O)OC(C)C)CS2)c1OC(=O)Nc1ccccc1C. The average molecular weight is 575 g/mol. The fourth-order valence-corrected chi connectivity index (χ4v) is 4.78. The number of methoxy groups -OCH3 is 1. The highest BCUT2D eigenvalue weighted by molar-refractivity contribution is 8.14. The molecule has 1 N–H and O–H groups in total. The van der Waals surface area contributed by atoms with E-state index in [-0.39, 0.29) is 18.5 Å². The van der Waals surface area contributed by atoms with Crippen molar-refractivity contribution in [2.24, 2.45) is 4.99 Å². The Balaban J connectivity index is 1.76. The smallest absolute Gasteiger partial charge is 0.417 e. The Hall–Kier alpha value is -3.12. The number of para-hydroxylation sites is 2. The largest absolute Gasteiger partial charge is 0.487 e. The molecule has 2 aromatic rings. The Morgan fingerprint density at radius 2 is 1.70 bits per heavy atom. The molecule has 0 saturated heterocycles. The number of hydrogen-bond donors (Lipinski definition) is 1. The second-order valence-corrected chi connectivity index (χ2v) is 10.4. The molecule has 0 spiro atoms. The second-order valence-electron chi connectivity index (χ2n) is 9.46. The summed E-state index contributed by atoms with van der Waals surface area (Å²) in [6, 6.07) is 12.7. The highest BCUT2D eigenvalue weighted by atomic mass is 32.2. The first-order chi connectivity index (χ1) is 19.2. The average Bonchev–Trinajstić information content (AvgIpc) is 3.32. The molecule has 3 rings (SSSR count). The van der Waals surface area contributed by atoms with Crippen LogP contribution in [0.4, 0.5) is 10.5 Å². The summed E-state index contributed by atoms with van der Waals surface area (Å²) in [5.74, 6) is 0.539. The van der Waals surface area contributed by atoms with Crippen LogP contribution < -0.4 is 14.8 Å². The standard InChI is InChI=1S/C29H38N2O8S/c1-20(2)38-27(32)29(4)19-40-26(31-29)22-10-8-12-24(37-18-17-36-16-15-35-14-13-34-5)25(22)39-28(33)30-23-11-7-6-9-21(23)3/h6-12,20H,13-19H2,1-5H3,(H,30,33)/t29-/m1/s1. The van der Waals surface area contributed by atoms with E-state index in [0.717, 1.165) is 5.56 Å². The van der Waals surface area contributed by atoms with Crippen LogP contribution in [0.5, 0.6) is 11.5 Å². The van der Waals surface area contributed by atoms with Crippen LogP contribution in [0.15, 0.2) is 47.5 Å². The molecule has 2 aromatic carbocycles. The van der Waals surface area contributed by atoms with Crippen LogP contribution in [-0.2, 0) is 23.7 Å². The first-order valence-corrected chi connectivity index (χ1v) is 14.1. The summed E-state index contributed by atoms with van der Waals surface area (Å²) in [4.78, 5) is 30.4. The number of aliphatic imine (C=N–C) groups is 1. The lowest BCUT2D eigenvalue weighted by molar-refractivity contribution is -0.152. The van der Waals surface area contributed by atoms with Crippen LogP contribution in [0, 0.1) is 6.92 Å². The van der Waals surface area contributed by atoms with Crippen LogP contribution in [0.25, 0.3) is 0 Å². The van der Waals surface area contributed by atoms with Crippen LogP contribution in [0.1, 0.15) is 31.9 Å². The first-order valence-electron chi connectivity index (χ1n) is 13.1. The van der Waals surface area contributed by atoms with Gasteiger partial charge < -0.3 is 28.4 Å². The number of carbonyl (C=O) groups is 2. The Morgan fingerprint density at radius 3 is 2.40 bits per heavy atom. The van der Waals surface area contributed by atoms with Crippen molar-refractivity contribution in [1.82, 2.24) is 0 Å². The number of esters is 1. The van der Waals surface area contributed by atoms with E-state index in [9.17, 15) is 9.59 Å². The summed E-state index contributed by atoms with van der Waals surface area (Å²) < 4.78 is 33.1. The maximum atomic E-state index is 13.0. The van der Waals surface area contributed by atoms with E-state index in [1.54, 1.807) is 52.1 Å². The lowest BCUT2D eigenvalue weighted by Crippen LogP contribution is -2.37. The molecule has 40 heavy (non-hydrogen) atoms. The number of benzene rings is 2. The Bertz CT molecular complexity index is 1170. The number of hydrogen-bond acceptors (Lipinski definition) is 10. The molecule has 218 valence electrons. The maximum Gasteiger partial charge on any atom is 0.417 e. The number of thioether (sulfide) groups is 1. The van der Waals surface area contributed by atoms with Gasteiger partial charge in [-0.15, -0.1) is 11.8 Å². The molecule has 0 bridgehead atoms. The molecule has 1 amide bonds. The van der Waals surface area contributed by atoms with Crippen molar-refractivity contribution in [2.45, 2.75) is 39.3 Å². The van der Waals surface area contributed by atoms with Gasteiger partial charge in [0.05, 0.1) is 44.7 Å². The van der Waals surface area contributed by atoms with Gasteiger partial charge in [0, 0.05) is 18.6 Å². The molecule has 0 aromatic heterocycles. The number of aryl methyl sites for hydroxylation is 1. The van der Waals surface area contributed by atoms with Crippen molar-refractivity contribution in [3.05, 3.63) is 53.6 Å². The molecule has 1 atom stereocenters. The van der Waals surface area contributed by atoms with Gasteiger partial charge in [-0.1, -0.05) is 24.3 Å². The van der Waals surface area contributed by atoms with Gasteiger partial charge in [0.25, 0.3) is 0 Å². The van der Waals surface area contributed by atoms with Crippen LogP contribution in [0.2, 0.25) is 0 Å². The lowest BCUT2D eigenvalue weighted by Gasteiger charge is -2.19.